The third-order valence-electron chi connectivity index (χ3n) is 11.5. The Kier molecular flexibility index (Phi) is 9.39. The van der Waals surface area contributed by atoms with Crippen molar-refractivity contribution in [1.29, 1.82) is 10.5 Å². The minimum absolute atomic E-state index is 0.0551. The molecule has 0 aromatic heterocycles. The molecule has 58 heavy (non-hydrogen) atoms. The molecular formula is C48H36F2N6O2. The van der Waals surface area contributed by atoms with E-state index in [0.29, 0.717) is 11.1 Å². The first-order chi connectivity index (χ1) is 28.3. The van der Waals surface area contributed by atoms with Gasteiger partial charge in [0.15, 0.2) is 0 Å². The molecule has 6 aromatic carbocycles. The smallest absolute Gasteiger partial charge is 0.123 e. The lowest BCUT2D eigenvalue weighted by Gasteiger charge is -2.30. The summed E-state index contributed by atoms with van der Waals surface area (Å²) >= 11 is 0. The first-order valence-corrected chi connectivity index (χ1v) is 19.2. The zero-order valence-electron chi connectivity index (χ0n) is 31.2. The molecule has 2 aliphatic carbocycles. The molecule has 0 saturated heterocycles. The summed E-state index contributed by atoms with van der Waals surface area (Å²) in [6, 6.07) is 43.0. The molecule has 2 N–H and O–H groups in total. The van der Waals surface area contributed by atoms with Crippen LogP contribution in [-0.2, 0) is 12.8 Å². The quantitative estimate of drug-likeness (QED) is 0.184. The highest BCUT2D eigenvalue weighted by Gasteiger charge is 2.43. The first-order valence-electron chi connectivity index (χ1n) is 19.2. The van der Waals surface area contributed by atoms with Crippen molar-refractivity contribution in [1.82, 2.24) is 0 Å². The Morgan fingerprint density at radius 3 is 1.26 bits per heavy atom. The molecule has 4 atom stereocenters. The second-order valence-corrected chi connectivity index (χ2v) is 14.9. The fourth-order valence-corrected chi connectivity index (χ4v) is 8.82. The Bertz CT molecular complexity index is 2480. The fourth-order valence-electron chi connectivity index (χ4n) is 8.82. The molecule has 8 nitrogen and oxygen atoms in total. The molecule has 284 valence electrons. The van der Waals surface area contributed by atoms with E-state index in [1.165, 1.54) is 24.3 Å². The van der Waals surface area contributed by atoms with Gasteiger partial charge < -0.3 is 10.2 Å². The summed E-state index contributed by atoms with van der Waals surface area (Å²) in [7, 11) is 0. The third kappa shape index (κ3) is 6.69. The highest BCUT2D eigenvalue weighted by Crippen LogP contribution is 2.47. The van der Waals surface area contributed by atoms with E-state index in [1.807, 2.05) is 82.8 Å². The van der Waals surface area contributed by atoms with Crippen molar-refractivity contribution in [3.8, 4) is 23.6 Å². The van der Waals surface area contributed by atoms with Crippen LogP contribution in [0.3, 0.4) is 0 Å². The first kappa shape index (κ1) is 36.3. The largest absolute Gasteiger partial charge is 0.508 e. The van der Waals surface area contributed by atoms with Gasteiger partial charge >= 0.3 is 0 Å². The van der Waals surface area contributed by atoms with E-state index < -0.39 is 0 Å². The van der Waals surface area contributed by atoms with E-state index in [-0.39, 0.29) is 47.1 Å². The number of anilines is 2. The molecule has 0 bridgehead atoms. The summed E-state index contributed by atoms with van der Waals surface area (Å²) < 4.78 is 27.1. The lowest BCUT2D eigenvalue weighted by Crippen LogP contribution is -2.28. The normalized spacial score (nSPS) is 19.9. The Hall–Kier alpha value is -7.30. The van der Waals surface area contributed by atoms with Crippen LogP contribution in [0.5, 0.6) is 11.5 Å². The lowest BCUT2D eigenvalue weighted by atomic mass is 9.77. The van der Waals surface area contributed by atoms with Crippen LogP contribution in [0.4, 0.5) is 20.2 Å². The highest BCUT2D eigenvalue weighted by atomic mass is 19.1. The fraction of sp³-hybridized carbons (Fsp3) is 0.167. The zero-order valence-corrected chi connectivity index (χ0v) is 31.2. The standard InChI is InChI=1S/2C24H18FN3O/c2*25-18-6-3-16(4-7-18)24-22-11-5-17-13-20(29)10-12-21(17)23(22)27-28(24)19-8-1-15(14-26)2-9-19/h2*1-4,6-10,12-13,22,24,29H,5,11H2/t22-,24+;22-,24-/m10/s1. The van der Waals surface area contributed by atoms with Gasteiger partial charge in [-0.25, -0.2) is 8.78 Å². The van der Waals surface area contributed by atoms with Crippen molar-refractivity contribution in [3.63, 3.8) is 0 Å². The van der Waals surface area contributed by atoms with Gasteiger partial charge in [-0.1, -0.05) is 24.3 Å². The van der Waals surface area contributed by atoms with Gasteiger partial charge in [0, 0.05) is 23.0 Å². The molecule has 10 heteroatoms. The minimum atomic E-state index is -0.262. The number of aromatic hydroxyl groups is 2. The number of hydrazone groups is 2. The van der Waals surface area contributed by atoms with Crippen LogP contribution in [-0.4, -0.2) is 21.6 Å². The molecule has 2 aliphatic heterocycles. The van der Waals surface area contributed by atoms with Gasteiger partial charge in [-0.2, -0.15) is 20.7 Å². The molecular weight excluding hydrogens is 731 g/mol. The number of nitriles is 2. The molecule has 2 heterocycles. The Morgan fingerprint density at radius 1 is 0.517 bits per heavy atom. The van der Waals surface area contributed by atoms with Gasteiger partial charge in [0.05, 0.1) is 58.1 Å². The summed E-state index contributed by atoms with van der Waals surface area (Å²) in [5, 5.41) is 51.8. The predicted octanol–water partition coefficient (Wildman–Crippen LogP) is 9.86. The number of halogens is 2. The molecule has 6 aromatic rings. The molecule has 0 fully saturated rings. The molecule has 0 saturated carbocycles. The van der Waals surface area contributed by atoms with Crippen molar-refractivity contribution in [3.05, 3.63) is 190 Å². The van der Waals surface area contributed by atoms with E-state index in [1.54, 1.807) is 36.4 Å². The van der Waals surface area contributed by atoms with Gasteiger partial charge in [-0.15, -0.1) is 0 Å². The van der Waals surface area contributed by atoms with Gasteiger partial charge in [0.1, 0.15) is 23.1 Å². The summed E-state index contributed by atoms with van der Waals surface area (Å²) in [5.41, 5.74) is 11.3. The molecule has 0 radical (unpaired) electrons. The number of rotatable bonds is 4. The third-order valence-corrected chi connectivity index (χ3v) is 11.5. The Balaban J connectivity index is 0.000000150. The topological polar surface area (TPSA) is 119 Å². The van der Waals surface area contributed by atoms with E-state index in [9.17, 15) is 19.0 Å². The number of hydrogen-bond donors (Lipinski definition) is 2. The number of benzene rings is 6. The van der Waals surface area contributed by atoms with Crippen LogP contribution < -0.4 is 10.0 Å². The average Bonchev–Trinajstić information content (AvgIpc) is 3.84. The van der Waals surface area contributed by atoms with Gasteiger partial charge in [0.25, 0.3) is 0 Å². The maximum Gasteiger partial charge on any atom is 0.123 e. The van der Waals surface area contributed by atoms with Crippen LogP contribution in [0.25, 0.3) is 0 Å². The zero-order chi connectivity index (χ0) is 39.9. The van der Waals surface area contributed by atoms with E-state index in [4.69, 9.17) is 20.7 Å². The van der Waals surface area contributed by atoms with Crippen LogP contribution >= 0.6 is 0 Å². The Labute approximate surface area is 334 Å². The summed E-state index contributed by atoms with van der Waals surface area (Å²) in [5.74, 6) is 0.325. The molecule has 0 amide bonds. The maximum absolute atomic E-state index is 13.5. The average molecular weight is 767 g/mol. The van der Waals surface area contributed by atoms with Crippen molar-refractivity contribution in [2.75, 3.05) is 10.0 Å². The lowest BCUT2D eigenvalue weighted by molar-refractivity contribution is 0.471. The summed E-state index contributed by atoms with van der Waals surface area (Å²) in [4.78, 5) is 0. The number of nitrogens with zero attached hydrogens (tertiary/aromatic N) is 6. The predicted molar refractivity (Wildman–Crippen MR) is 218 cm³/mol. The van der Waals surface area contributed by atoms with Crippen LogP contribution in [0.15, 0.2) is 144 Å². The van der Waals surface area contributed by atoms with Gasteiger partial charge in [-0.05, 0) is 157 Å². The van der Waals surface area contributed by atoms with E-state index in [0.717, 1.165) is 81.9 Å². The molecule has 10 rings (SSSR count). The number of aryl methyl sites for hydroxylation is 2. The van der Waals surface area contributed by atoms with Crippen LogP contribution in [0.1, 0.15) is 69.4 Å². The monoisotopic (exact) mass is 766 g/mol. The number of phenolic OH excluding ortho intramolecular Hbond substituents is 2. The summed E-state index contributed by atoms with van der Waals surface area (Å²) in [6.07, 6.45) is 3.49. The maximum atomic E-state index is 13.5. The van der Waals surface area contributed by atoms with E-state index in [2.05, 4.69) is 12.1 Å². The van der Waals surface area contributed by atoms with E-state index >= 15 is 0 Å². The van der Waals surface area contributed by atoms with Crippen molar-refractivity contribution < 1.29 is 19.0 Å². The second-order valence-electron chi connectivity index (χ2n) is 14.9. The minimum Gasteiger partial charge on any atom is -0.508 e. The van der Waals surface area contributed by atoms with Gasteiger partial charge in [0.2, 0.25) is 0 Å². The van der Waals surface area contributed by atoms with Crippen molar-refractivity contribution >= 4 is 22.8 Å². The molecule has 4 aliphatic rings. The molecule has 0 spiro atoms. The Morgan fingerprint density at radius 2 is 0.897 bits per heavy atom. The van der Waals surface area contributed by atoms with Crippen LogP contribution in [0.2, 0.25) is 0 Å². The van der Waals surface area contributed by atoms with Crippen LogP contribution in [0, 0.1) is 46.1 Å². The highest BCUT2D eigenvalue weighted by molar-refractivity contribution is 6.08. The number of hydrogen-bond acceptors (Lipinski definition) is 8. The summed E-state index contributed by atoms with van der Waals surface area (Å²) in [6.45, 7) is 0. The number of fused-ring (bicyclic) bond motifs is 6. The van der Waals surface area contributed by atoms with Gasteiger partial charge in [-0.3, -0.25) is 10.0 Å². The van der Waals surface area contributed by atoms with Crippen molar-refractivity contribution in [2.24, 2.45) is 22.0 Å². The second kappa shape index (κ2) is 15.0. The van der Waals surface area contributed by atoms with Crippen molar-refractivity contribution in [2.45, 2.75) is 37.8 Å². The molecule has 0 unspecified atom stereocenters. The number of phenols is 2. The SMILES string of the molecule is N#Cc1ccc(N2N=C3c4ccc(O)cc4CC[C@@H]3[C@@H]2c2ccc(F)cc2)cc1.N#Cc1ccc(N2N=C3c4ccc(O)cc4CC[C@H]3[C@@H]2c2ccc(F)cc2)cc1.